The van der Waals surface area contributed by atoms with Gasteiger partial charge in [-0.05, 0) is 69.8 Å². The number of fused-ring (bicyclic) bond motifs is 1. The second kappa shape index (κ2) is 11.2. The summed E-state index contributed by atoms with van der Waals surface area (Å²) in [6.45, 7) is 10.9. The lowest BCUT2D eigenvalue weighted by Crippen LogP contribution is -2.52. The number of hydrogen-bond acceptors (Lipinski definition) is 7. The normalized spacial score (nSPS) is 23.6. The van der Waals surface area contributed by atoms with Crippen LogP contribution in [0.2, 0.25) is 0 Å². The fraction of sp³-hybridized carbons (Fsp3) is 0.690. The lowest BCUT2D eigenvalue weighted by molar-refractivity contribution is -0.139. The van der Waals surface area contributed by atoms with Crippen LogP contribution >= 0.6 is 0 Å². The third-order valence-corrected chi connectivity index (χ3v) is 9.13. The zero-order valence-electron chi connectivity index (χ0n) is 22.2. The van der Waals surface area contributed by atoms with Gasteiger partial charge in [-0.15, -0.1) is 0 Å². The monoisotopic (exact) mass is 506 g/mol. The lowest BCUT2D eigenvalue weighted by Gasteiger charge is -2.47. The number of amides is 1. The van der Waals surface area contributed by atoms with E-state index in [-0.39, 0.29) is 11.9 Å². The van der Waals surface area contributed by atoms with Gasteiger partial charge >= 0.3 is 0 Å². The van der Waals surface area contributed by atoms with Gasteiger partial charge in [-0.25, -0.2) is 4.98 Å². The number of ether oxygens (including phenoxy) is 1. The van der Waals surface area contributed by atoms with Crippen LogP contribution in [0, 0.1) is 5.41 Å². The van der Waals surface area contributed by atoms with Crippen LogP contribution in [0.3, 0.4) is 0 Å². The Morgan fingerprint density at radius 2 is 1.62 bits per heavy atom. The molecule has 0 saturated carbocycles. The van der Waals surface area contributed by atoms with Gasteiger partial charge in [-0.2, -0.15) is 0 Å². The second-order valence-electron chi connectivity index (χ2n) is 11.7. The molecule has 2 aromatic rings. The number of carbonyl (C=O) groups excluding carboxylic acids is 1. The molecule has 2 aromatic heterocycles. The number of aromatic nitrogens is 2. The molecule has 8 heteroatoms. The van der Waals surface area contributed by atoms with Crippen LogP contribution in [0.4, 0.5) is 5.82 Å². The molecule has 6 rings (SSSR count). The summed E-state index contributed by atoms with van der Waals surface area (Å²) in [5, 5.41) is 4.11. The zero-order chi connectivity index (χ0) is 25.1. The van der Waals surface area contributed by atoms with Gasteiger partial charge in [0.15, 0.2) is 0 Å². The van der Waals surface area contributed by atoms with Crippen molar-refractivity contribution >= 4 is 22.6 Å². The molecule has 4 aliphatic rings. The summed E-state index contributed by atoms with van der Waals surface area (Å²) >= 11 is 0. The van der Waals surface area contributed by atoms with Crippen LogP contribution in [0.15, 0.2) is 24.4 Å². The molecule has 0 aromatic carbocycles. The molecular weight excluding hydrogens is 464 g/mol. The van der Waals surface area contributed by atoms with Gasteiger partial charge in [0.2, 0.25) is 0 Å². The average molecular weight is 507 g/mol. The molecule has 0 bridgehead atoms. The molecule has 0 unspecified atom stereocenters. The number of nitrogens with zero attached hydrogens (tertiary/aromatic N) is 5. The summed E-state index contributed by atoms with van der Waals surface area (Å²) in [6.07, 6.45) is 11.3. The summed E-state index contributed by atoms with van der Waals surface area (Å²) in [5.41, 5.74) is 1.86. The fourth-order valence-corrected chi connectivity index (χ4v) is 6.47. The number of carbonyl (C=O) groups is 1. The van der Waals surface area contributed by atoms with Crippen molar-refractivity contribution in [2.24, 2.45) is 5.41 Å². The number of piperidine rings is 2. The van der Waals surface area contributed by atoms with E-state index in [1.807, 2.05) is 12.1 Å². The van der Waals surface area contributed by atoms with E-state index in [4.69, 9.17) is 9.72 Å². The van der Waals surface area contributed by atoms with Gasteiger partial charge in [-0.1, -0.05) is 12.8 Å². The molecule has 0 radical (unpaired) electrons. The molecule has 6 heterocycles. The van der Waals surface area contributed by atoms with Crippen molar-refractivity contribution < 1.29 is 9.53 Å². The number of rotatable bonds is 6. The summed E-state index contributed by atoms with van der Waals surface area (Å²) in [7, 11) is 0. The largest absolute Gasteiger partial charge is 0.380 e. The Balaban J connectivity index is 0.991. The molecule has 0 aliphatic carbocycles. The van der Waals surface area contributed by atoms with Gasteiger partial charge in [-0.3, -0.25) is 9.78 Å². The minimum Gasteiger partial charge on any atom is -0.380 e. The molecule has 0 atom stereocenters. The summed E-state index contributed by atoms with van der Waals surface area (Å²) < 4.78 is 5.46. The molecule has 1 N–H and O–H groups in total. The molecule has 8 nitrogen and oxygen atoms in total. The van der Waals surface area contributed by atoms with Crippen molar-refractivity contribution in [2.75, 3.05) is 70.5 Å². The van der Waals surface area contributed by atoms with Gasteiger partial charge in [0.25, 0.3) is 5.91 Å². The third-order valence-electron chi connectivity index (χ3n) is 9.13. The topological polar surface area (TPSA) is 73.8 Å². The maximum Gasteiger partial charge on any atom is 0.270 e. The Morgan fingerprint density at radius 1 is 0.919 bits per heavy atom. The van der Waals surface area contributed by atoms with E-state index in [9.17, 15) is 4.79 Å². The third kappa shape index (κ3) is 5.76. The number of nitrogens with one attached hydrogen (secondary N) is 1. The Labute approximate surface area is 220 Å². The molecule has 4 saturated heterocycles. The molecule has 1 spiro atoms. The molecular formula is C29H42N6O2. The second-order valence-corrected chi connectivity index (χ2v) is 11.7. The van der Waals surface area contributed by atoms with E-state index >= 15 is 0 Å². The van der Waals surface area contributed by atoms with E-state index in [1.54, 1.807) is 6.20 Å². The Bertz CT molecular complexity index is 1060. The smallest absolute Gasteiger partial charge is 0.270 e. The highest BCUT2D eigenvalue weighted by atomic mass is 16.5. The van der Waals surface area contributed by atoms with E-state index in [1.165, 1.54) is 51.6 Å². The highest BCUT2D eigenvalue weighted by Crippen LogP contribution is 2.38. The predicted molar refractivity (Wildman–Crippen MR) is 146 cm³/mol. The summed E-state index contributed by atoms with van der Waals surface area (Å²) in [5.74, 6) is 0.941. The van der Waals surface area contributed by atoms with Crippen molar-refractivity contribution in [2.45, 2.75) is 57.4 Å². The minimum atomic E-state index is -0.0735. The van der Waals surface area contributed by atoms with Crippen LogP contribution in [-0.2, 0) is 4.74 Å². The van der Waals surface area contributed by atoms with Crippen LogP contribution < -0.4 is 10.2 Å². The number of pyridine rings is 2. The van der Waals surface area contributed by atoms with Gasteiger partial charge in [0.05, 0.1) is 18.7 Å². The molecule has 4 aliphatic heterocycles. The molecule has 200 valence electrons. The number of likely N-dealkylation sites (tertiary alicyclic amines) is 2. The van der Waals surface area contributed by atoms with Gasteiger partial charge in [0.1, 0.15) is 11.5 Å². The molecule has 1 amide bonds. The van der Waals surface area contributed by atoms with Crippen molar-refractivity contribution in [3.63, 3.8) is 0 Å². The van der Waals surface area contributed by atoms with E-state index in [0.717, 1.165) is 82.0 Å². The van der Waals surface area contributed by atoms with Crippen molar-refractivity contribution in [1.82, 2.24) is 25.1 Å². The Morgan fingerprint density at radius 3 is 2.30 bits per heavy atom. The fourth-order valence-electron chi connectivity index (χ4n) is 6.47. The number of hydrogen-bond donors (Lipinski definition) is 1. The van der Waals surface area contributed by atoms with Crippen molar-refractivity contribution in [3.05, 3.63) is 30.1 Å². The quantitative estimate of drug-likeness (QED) is 0.644. The van der Waals surface area contributed by atoms with Crippen molar-refractivity contribution in [3.8, 4) is 0 Å². The highest BCUT2D eigenvalue weighted by molar-refractivity contribution is 6.04. The predicted octanol–water partition coefficient (Wildman–Crippen LogP) is 3.32. The maximum absolute atomic E-state index is 13.2. The Kier molecular flexibility index (Phi) is 7.58. The SMILES string of the molecule is O=C(NC1CCN(CCN2CCC3(CC2)COC3)CC1)c1nccc2nc(N3CCCCCC3)ccc12. The van der Waals surface area contributed by atoms with Crippen LogP contribution in [0.5, 0.6) is 0 Å². The summed E-state index contributed by atoms with van der Waals surface area (Å²) in [6, 6.07) is 6.23. The number of anilines is 1. The first kappa shape index (κ1) is 25.0. The van der Waals surface area contributed by atoms with E-state index in [0.29, 0.717) is 11.1 Å². The van der Waals surface area contributed by atoms with Gasteiger partial charge < -0.3 is 24.8 Å². The first-order valence-electron chi connectivity index (χ1n) is 14.5. The highest BCUT2D eigenvalue weighted by Gasteiger charge is 2.41. The summed E-state index contributed by atoms with van der Waals surface area (Å²) in [4.78, 5) is 30.1. The average Bonchev–Trinajstić information content (AvgIpc) is 3.21. The Hall–Kier alpha value is -2.29. The van der Waals surface area contributed by atoms with Crippen LogP contribution in [0.1, 0.15) is 61.9 Å². The van der Waals surface area contributed by atoms with Crippen LogP contribution in [0.25, 0.3) is 10.9 Å². The van der Waals surface area contributed by atoms with E-state index in [2.05, 4.69) is 31.1 Å². The first-order valence-corrected chi connectivity index (χ1v) is 14.5. The first-order chi connectivity index (χ1) is 18.2. The maximum atomic E-state index is 13.2. The zero-order valence-corrected chi connectivity index (χ0v) is 22.2. The van der Waals surface area contributed by atoms with Crippen molar-refractivity contribution in [1.29, 1.82) is 0 Å². The lowest BCUT2D eigenvalue weighted by atomic mass is 9.77. The van der Waals surface area contributed by atoms with E-state index < -0.39 is 0 Å². The standard InChI is InChI=1S/C29H42N6O2/c36-28(27-24-5-6-26(32-25(24)7-12-30-27)35-13-3-1-2-4-14-35)31-23-8-15-33(16-9-23)19-20-34-17-10-29(11-18-34)21-37-22-29/h5-7,12,23H,1-4,8-11,13-22H2,(H,31,36). The minimum absolute atomic E-state index is 0.0735. The van der Waals surface area contributed by atoms with Gasteiger partial charge in [0, 0.05) is 62.3 Å². The molecule has 4 fully saturated rings. The molecule has 37 heavy (non-hydrogen) atoms. The van der Waals surface area contributed by atoms with Crippen LogP contribution in [-0.4, -0.2) is 97.3 Å².